The van der Waals surface area contributed by atoms with Crippen molar-refractivity contribution in [2.45, 2.75) is 13.5 Å². The molecule has 0 amide bonds. The van der Waals surface area contributed by atoms with Gasteiger partial charge in [-0.05, 0) is 28.9 Å². The van der Waals surface area contributed by atoms with Crippen LogP contribution in [-0.4, -0.2) is 49.3 Å². The Kier molecular flexibility index (Phi) is 6.94. The summed E-state index contributed by atoms with van der Waals surface area (Å²) in [6.45, 7) is 5.03. The highest BCUT2D eigenvalue weighted by Crippen LogP contribution is 2.14. The summed E-state index contributed by atoms with van der Waals surface area (Å²) in [5.74, 6) is 0.900. The standard InChI is InChI=1S/C13H23BrN4O/c1-5-15-13(16-6-7-19-4)18(3)10-12-8-11(14)9-17(12)2/h8-9H,5-7,10H2,1-4H3,(H,15,16). The topological polar surface area (TPSA) is 41.8 Å². The molecule has 1 aromatic rings. The van der Waals surface area contributed by atoms with E-state index in [0.29, 0.717) is 13.2 Å². The maximum atomic E-state index is 5.03. The molecule has 0 bridgehead atoms. The average Bonchev–Trinajstić information content (AvgIpc) is 2.67. The van der Waals surface area contributed by atoms with Gasteiger partial charge in [-0.3, -0.25) is 4.99 Å². The van der Waals surface area contributed by atoms with Crippen LogP contribution in [0, 0.1) is 0 Å². The molecule has 0 radical (unpaired) electrons. The zero-order chi connectivity index (χ0) is 14.3. The van der Waals surface area contributed by atoms with Crippen molar-refractivity contribution in [1.82, 2.24) is 14.8 Å². The highest BCUT2D eigenvalue weighted by Gasteiger charge is 2.09. The van der Waals surface area contributed by atoms with Gasteiger partial charge in [0.05, 0.1) is 19.7 Å². The molecule has 0 fully saturated rings. The van der Waals surface area contributed by atoms with E-state index in [0.717, 1.165) is 23.5 Å². The monoisotopic (exact) mass is 330 g/mol. The summed E-state index contributed by atoms with van der Waals surface area (Å²) in [5.41, 5.74) is 1.23. The molecule has 0 saturated carbocycles. The molecule has 0 aliphatic rings. The number of nitrogens with zero attached hydrogens (tertiary/aromatic N) is 3. The zero-order valence-electron chi connectivity index (χ0n) is 12.1. The first-order valence-corrected chi connectivity index (χ1v) is 7.17. The molecule has 0 atom stereocenters. The SMILES string of the molecule is CCNC(=NCCOC)N(C)Cc1cc(Br)cn1C. The Morgan fingerprint density at radius 2 is 2.32 bits per heavy atom. The van der Waals surface area contributed by atoms with E-state index in [9.17, 15) is 0 Å². The van der Waals surface area contributed by atoms with Crippen LogP contribution >= 0.6 is 15.9 Å². The lowest BCUT2D eigenvalue weighted by molar-refractivity contribution is 0.207. The van der Waals surface area contributed by atoms with E-state index in [4.69, 9.17) is 4.74 Å². The lowest BCUT2D eigenvalue weighted by Crippen LogP contribution is -2.39. The van der Waals surface area contributed by atoms with Crippen LogP contribution in [0.5, 0.6) is 0 Å². The molecule has 1 aromatic heterocycles. The van der Waals surface area contributed by atoms with Crippen LogP contribution in [0.3, 0.4) is 0 Å². The van der Waals surface area contributed by atoms with Crippen LogP contribution in [-0.2, 0) is 18.3 Å². The number of methoxy groups -OCH3 is 1. The summed E-state index contributed by atoms with van der Waals surface area (Å²) in [7, 11) is 5.77. The van der Waals surface area contributed by atoms with Crippen LogP contribution in [0.15, 0.2) is 21.7 Å². The molecular weight excluding hydrogens is 308 g/mol. The Balaban J connectivity index is 2.68. The van der Waals surface area contributed by atoms with E-state index >= 15 is 0 Å². The van der Waals surface area contributed by atoms with Crippen molar-refractivity contribution < 1.29 is 4.74 Å². The summed E-state index contributed by atoms with van der Waals surface area (Å²) < 4.78 is 8.23. The number of halogens is 1. The predicted octanol–water partition coefficient (Wildman–Crippen LogP) is 1.83. The molecule has 0 saturated heterocycles. The second-order valence-corrected chi connectivity index (χ2v) is 5.26. The van der Waals surface area contributed by atoms with Gasteiger partial charge >= 0.3 is 0 Å². The van der Waals surface area contributed by atoms with Gasteiger partial charge in [0.1, 0.15) is 0 Å². The summed E-state index contributed by atoms with van der Waals surface area (Å²) >= 11 is 3.49. The van der Waals surface area contributed by atoms with E-state index in [1.54, 1.807) is 7.11 Å². The van der Waals surface area contributed by atoms with E-state index in [2.05, 4.69) is 54.9 Å². The lowest BCUT2D eigenvalue weighted by atomic mass is 10.4. The summed E-state index contributed by atoms with van der Waals surface area (Å²) in [6.07, 6.45) is 2.05. The molecule has 1 N–H and O–H groups in total. The number of aromatic nitrogens is 1. The minimum absolute atomic E-state index is 0.637. The average molecular weight is 331 g/mol. The van der Waals surface area contributed by atoms with Gasteiger partial charge in [-0.2, -0.15) is 0 Å². The van der Waals surface area contributed by atoms with E-state index in [-0.39, 0.29) is 0 Å². The van der Waals surface area contributed by atoms with Crippen LogP contribution in [0.1, 0.15) is 12.6 Å². The lowest BCUT2D eigenvalue weighted by Gasteiger charge is -2.22. The number of aliphatic imine (C=N–C) groups is 1. The number of rotatable bonds is 6. The van der Waals surface area contributed by atoms with Crippen molar-refractivity contribution in [1.29, 1.82) is 0 Å². The Morgan fingerprint density at radius 1 is 1.58 bits per heavy atom. The Labute approximate surface area is 123 Å². The first-order chi connectivity index (χ1) is 9.08. The first-order valence-electron chi connectivity index (χ1n) is 6.37. The maximum Gasteiger partial charge on any atom is 0.194 e. The van der Waals surface area contributed by atoms with Crippen molar-refractivity contribution >= 4 is 21.9 Å². The molecule has 19 heavy (non-hydrogen) atoms. The molecule has 0 aromatic carbocycles. The fraction of sp³-hybridized carbons (Fsp3) is 0.615. The Hall–Kier alpha value is -1.01. The maximum absolute atomic E-state index is 5.03. The third-order valence-electron chi connectivity index (χ3n) is 2.73. The predicted molar refractivity (Wildman–Crippen MR) is 82.4 cm³/mol. The van der Waals surface area contributed by atoms with Crippen LogP contribution in [0.2, 0.25) is 0 Å². The van der Waals surface area contributed by atoms with Crippen molar-refractivity contribution in [3.05, 3.63) is 22.4 Å². The number of hydrogen-bond donors (Lipinski definition) is 1. The molecule has 0 spiro atoms. The van der Waals surface area contributed by atoms with Gasteiger partial charge in [0.15, 0.2) is 5.96 Å². The van der Waals surface area contributed by atoms with Crippen molar-refractivity contribution in [3.8, 4) is 0 Å². The van der Waals surface area contributed by atoms with Gasteiger partial charge in [0.25, 0.3) is 0 Å². The van der Waals surface area contributed by atoms with Gasteiger partial charge in [-0.15, -0.1) is 0 Å². The van der Waals surface area contributed by atoms with Crippen LogP contribution < -0.4 is 5.32 Å². The number of guanidine groups is 1. The normalized spacial score (nSPS) is 11.7. The minimum atomic E-state index is 0.637. The second kappa shape index (κ2) is 8.22. The van der Waals surface area contributed by atoms with Crippen molar-refractivity contribution in [2.75, 3.05) is 33.9 Å². The molecule has 1 rings (SSSR count). The molecule has 1 heterocycles. The fourth-order valence-corrected chi connectivity index (χ4v) is 2.33. The van der Waals surface area contributed by atoms with Crippen LogP contribution in [0.4, 0.5) is 0 Å². The summed E-state index contributed by atoms with van der Waals surface area (Å²) in [4.78, 5) is 6.63. The number of nitrogens with one attached hydrogen (secondary N) is 1. The molecule has 0 aliphatic carbocycles. The number of hydrogen-bond acceptors (Lipinski definition) is 2. The van der Waals surface area contributed by atoms with E-state index in [1.165, 1.54) is 5.69 Å². The smallest absolute Gasteiger partial charge is 0.194 e. The van der Waals surface area contributed by atoms with Gasteiger partial charge < -0.3 is 19.5 Å². The molecule has 0 aliphatic heterocycles. The minimum Gasteiger partial charge on any atom is -0.383 e. The second-order valence-electron chi connectivity index (χ2n) is 4.35. The number of ether oxygens (including phenoxy) is 1. The highest BCUT2D eigenvalue weighted by atomic mass is 79.9. The summed E-state index contributed by atoms with van der Waals surface area (Å²) in [6, 6.07) is 2.12. The van der Waals surface area contributed by atoms with Gasteiger partial charge in [-0.1, -0.05) is 0 Å². The molecule has 5 nitrogen and oxygen atoms in total. The third kappa shape index (κ3) is 5.24. The fourth-order valence-electron chi connectivity index (χ4n) is 1.75. The molecule has 0 unspecified atom stereocenters. The first kappa shape index (κ1) is 16.0. The van der Waals surface area contributed by atoms with E-state index < -0.39 is 0 Å². The Morgan fingerprint density at radius 3 is 2.84 bits per heavy atom. The van der Waals surface area contributed by atoms with Gasteiger partial charge in [0, 0.05) is 44.1 Å². The molecule has 108 valence electrons. The van der Waals surface area contributed by atoms with Gasteiger partial charge in [0.2, 0.25) is 0 Å². The quantitative estimate of drug-likeness (QED) is 0.491. The zero-order valence-corrected chi connectivity index (χ0v) is 13.7. The highest BCUT2D eigenvalue weighted by molar-refractivity contribution is 9.10. The van der Waals surface area contributed by atoms with E-state index in [1.807, 2.05) is 14.1 Å². The Bertz CT molecular complexity index is 417. The van der Waals surface area contributed by atoms with Gasteiger partial charge in [-0.25, -0.2) is 0 Å². The third-order valence-corrected chi connectivity index (χ3v) is 3.16. The van der Waals surface area contributed by atoms with Crippen LogP contribution in [0.25, 0.3) is 0 Å². The van der Waals surface area contributed by atoms with Crippen molar-refractivity contribution in [3.63, 3.8) is 0 Å². The molecular formula is C13H23BrN4O. The summed E-state index contributed by atoms with van der Waals surface area (Å²) in [5, 5.41) is 3.29. The largest absolute Gasteiger partial charge is 0.383 e. The molecule has 6 heteroatoms. The number of aryl methyl sites for hydroxylation is 1. The van der Waals surface area contributed by atoms with Crippen molar-refractivity contribution in [2.24, 2.45) is 12.0 Å².